The zero-order valence-corrected chi connectivity index (χ0v) is 26.8. The number of halogens is 1. The standard InChI is InChI=1S/C32H40BrN3O4S/c1-6-19-34-31(38)29(21-24-11-8-7-9-12-24)35(22-25-13-10-14-27(33)20-25)30(37)23-36(41(5,39)40)28-17-15-26(16-18-28)32(2,3)4/h7-18,20,29H,6,19,21-23H2,1-5H3,(H,34,38). The summed E-state index contributed by atoms with van der Waals surface area (Å²) in [6.07, 6.45) is 2.12. The Morgan fingerprint density at radius 1 is 0.927 bits per heavy atom. The fourth-order valence-corrected chi connectivity index (χ4v) is 5.79. The second kappa shape index (κ2) is 14.1. The number of rotatable bonds is 12. The molecule has 1 unspecified atom stereocenters. The summed E-state index contributed by atoms with van der Waals surface area (Å²) in [5, 5.41) is 2.95. The number of sulfonamides is 1. The molecule has 9 heteroatoms. The van der Waals surface area contributed by atoms with Crippen molar-refractivity contribution in [2.24, 2.45) is 0 Å². The molecule has 0 heterocycles. The van der Waals surface area contributed by atoms with Crippen molar-refractivity contribution in [3.8, 4) is 0 Å². The lowest BCUT2D eigenvalue weighted by Gasteiger charge is -2.33. The first-order valence-corrected chi connectivity index (χ1v) is 16.4. The molecule has 0 saturated carbocycles. The maximum atomic E-state index is 14.1. The van der Waals surface area contributed by atoms with E-state index in [0.717, 1.165) is 38.1 Å². The molecule has 3 rings (SSSR count). The average Bonchev–Trinajstić information content (AvgIpc) is 2.91. The molecule has 0 aromatic heterocycles. The summed E-state index contributed by atoms with van der Waals surface area (Å²) in [6.45, 7) is 8.37. The molecule has 41 heavy (non-hydrogen) atoms. The summed E-state index contributed by atoms with van der Waals surface area (Å²) >= 11 is 3.49. The second-order valence-corrected chi connectivity index (χ2v) is 14.0. The van der Waals surface area contributed by atoms with Crippen molar-refractivity contribution in [3.05, 3.63) is 100 Å². The van der Waals surface area contributed by atoms with Gasteiger partial charge in [-0.25, -0.2) is 8.42 Å². The smallest absolute Gasteiger partial charge is 0.244 e. The number of anilines is 1. The third-order valence-electron chi connectivity index (χ3n) is 6.76. The van der Waals surface area contributed by atoms with Crippen molar-refractivity contribution in [1.82, 2.24) is 10.2 Å². The number of carbonyl (C=O) groups excluding carboxylic acids is 2. The SMILES string of the molecule is CCCNC(=O)C(Cc1ccccc1)N(Cc1cccc(Br)c1)C(=O)CN(c1ccc(C(C)(C)C)cc1)S(C)(=O)=O. The highest BCUT2D eigenvalue weighted by atomic mass is 79.9. The molecule has 1 atom stereocenters. The van der Waals surface area contributed by atoms with Gasteiger partial charge in [-0.2, -0.15) is 0 Å². The van der Waals surface area contributed by atoms with Gasteiger partial charge in [0.1, 0.15) is 12.6 Å². The quantitative estimate of drug-likeness (QED) is 0.276. The van der Waals surface area contributed by atoms with Gasteiger partial charge in [-0.3, -0.25) is 13.9 Å². The molecular weight excluding hydrogens is 602 g/mol. The van der Waals surface area contributed by atoms with E-state index >= 15 is 0 Å². The molecule has 0 aliphatic carbocycles. The maximum absolute atomic E-state index is 14.1. The van der Waals surface area contributed by atoms with Crippen LogP contribution in [0.4, 0.5) is 5.69 Å². The lowest BCUT2D eigenvalue weighted by atomic mass is 9.87. The Labute approximate surface area is 253 Å². The normalized spacial score (nSPS) is 12.4. The van der Waals surface area contributed by atoms with Crippen LogP contribution in [-0.4, -0.2) is 50.5 Å². The number of carbonyl (C=O) groups is 2. The first kappa shape index (κ1) is 32.3. The van der Waals surface area contributed by atoms with E-state index in [1.807, 2.05) is 73.7 Å². The minimum atomic E-state index is -3.82. The first-order valence-electron chi connectivity index (χ1n) is 13.7. The van der Waals surface area contributed by atoms with Crippen LogP contribution < -0.4 is 9.62 Å². The summed E-state index contributed by atoms with van der Waals surface area (Å²) in [5.74, 6) is -0.748. The first-order chi connectivity index (χ1) is 19.3. The van der Waals surface area contributed by atoms with Gasteiger partial charge < -0.3 is 10.2 Å². The Kier molecular flexibility index (Phi) is 11.2. The fourth-order valence-electron chi connectivity index (χ4n) is 4.49. The topological polar surface area (TPSA) is 86.8 Å². The van der Waals surface area contributed by atoms with Gasteiger partial charge in [-0.1, -0.05) is 98.2 Å². The highest BCUT2D eigenvalue weighted by Crippen LogP contribution is 2.26. The number of nitrogens with one attached hydrogen (secondary N) is 1. The molecule has 7 nitrogen and oxygen atoms in total. The summed E-state index contributed by atoms with van der Waals surface area (Å²) < 4.78 is 27.9. The van der Waals surface area contributed by atoms with Crippen LogP contribution in [0, 0.1) is 0 Å². The summed E-state index contributed by atoms with van der Waals surface area (Å²) in [7, 11) is -3.82. The predicted octanol–water partition coefficient (Wildman–Crippen LogP) is 5.68. The van der Waals surface area contributed by atoms with Gasteiger partial charge >= 0.3 is 0 Å². The summed E-state index contributed by atoms with van der Waals surface area (Å²) in [4.78, 5) is 29.2. The monoisotopic (exact) mass is 641 g/mol. The number of amides is 2. The van der Waals surface area contributed by atoms with E-state index in [1.54, 1.807) is 12.1 Å². The van der Waals surface area contributed by atoms with Crippen molar-refractivity contribution < 1.29 is 18.0 Å². The Bertz CT molecular complexity index is 1420. The largest absolute Gasteiger partial charge is 0.354 e. The van der Waals surface area contributed by atoms with E-state index in [4.69, 9.17) is 0 Å². The van der Waals surface area contributed by atoms with Crippen LogP contribution in [-0.2, 0) is 38.0 Å². The molecule has 0 aliphatic rings. The highest BCUT2D eigenvalue weighted by molar-refractivity contribution is 9.10. The molecule has 2 amide bonds. The predicted molar refractivity (Wildman–Crippen MR) is 169 cm³/mol. The molecule has 0 radical (unpaired) electrons. The number of nitrogens with zero attached hydrogens (tertiary/aromatic N) is 2. The van der Waals surface area contributed by atoms with Crippen LogP contribution in [0.15, 0.2) is 83.3 Å². The van der Waals surface area contributed by atoms with Gasteiger partial charge in [0.05, 0.1) is 11.9 Å². The lowest BCUT2D eigenvalue weighted by molar-refractivity contribution is -0.140. The highest BCUT2D eigenvalue weighted by Gasteiger charge is 2.33. The Morgan fingerprint density at radius 2 is 1.56 bits per heavy atom. The molecular formula is C32H40BrN3O4S. The minimum absolute atomic E-state index is 0.110. The molecule has 0 aliphatic heterocycles. The fraction of sp³-hybridized carbons (Fsp3) is 0.375. The number of hydrogen-bond acceptors (Lipinski definition) is 4. The number of benzene rings is 3. The van der Waals surface area contributed by atoms with Gasteiger partial charge in [0.15, 0.2) is 0 Å². The third kappa shape index (κ3) is 9.43. The van der Waals surface area contributed by atoms with E-state index in [9.17, 15) is 18.0 Å². The van der Waals surface area contributed by atoms with Crippen molar-refractivity contribution in [2.75, 3.05) is 23.7 Å². The minimum Gasteiger partial charge on any atom is -0.354 e. The average molecular weight is 643 g/mol. The van der Waals surface area contributed by atoms with Gasteiger partial charge in [0.2, 0.25) is 21.8 Å². The zero-order valence-electron chi connectivity index (χ0n) is 24.4. The van der Waals surface area contributed by atoms with E-state index in [0.29, 0.717) is 12.2 Å². The zero-order chi connectivity index (χ0) is 30.2. The molecule has 0 fully saturated rings. The third-order valence-corrected chi connectivity index (χ3v) is 8.40. The Balaban J connectivity index is 2.04. The van der Waals surface area contributed by atoms with Gasteiger partial charge in [-0.05, 0) is 52.8 Å². The lowest BCUT2D eigenvalue weighted by Crippen LogP contribution is -2.53. The van der Waals surface area contributed by atoms with Crippen LogP contribution in [0.3, 0.4) is 0 Å². The molecule has 3 aromatic rings. The molecule has 0 saturated heterocycles. The van der Waals surface area contributed by atoms with Crippen molar-refractivity contribution in [2.45, 2.75) is 58.5 Å². The van der Waals surface area contributed by atoms with Crippen molar-refractivity contribution >= 4 is 43.5 Å². The van der Waals surface area contributed by atoms with Crippen molar-refractivity contribution in [1.29, 1.82) is 0 Å². The van der Waals surface area contributed by atoms with Crippen LogP contribution in [0.25, 0.3) is 0 Å². The molecule has 220 valence electrons. The van der Waals surface area contributed by atoms with Gasteiger partial charge in [-0.15, -0.1) is 0 Å². The molecule has 0 spiro atoms. The second-order valence-electron chi connectivity index (χ2n) is 11.2. The van der Waals surface area contributed by atoms with Gasteiger partial charge in [0.25, 0.3) is 0 Å². The van der Waals surface area contributed by atoms with E-state index in [2.05, 4.69) is 42.0 Å². The maximum Gasteiger partial charge on any atom is 0.244 e. The summed E-state index contributed by atoms with van der Waals surface area (Å²) in [6, 6.07) is 23.4. The van der Waals surface area contributed by atoms with Crippen LogP contribution in [0.2, 0.25) is 0 Å². The Morgan fingerprint density at radius 3 is 2.12 bits per heavy atom. The van der Waals surface area contributed by atoms with E-state index in [-0.39, 0.29) is 24.3 Å². The summed E-state index contributed by atoms with van der Waals surface area (Å²) in [5.41, 5.74) is 3.05. The van der Waals surface area contributed by atoms with E-state index < -0.39 is 28.5 Å². The van der Waals surface area contributed by atoms with Crippen LogP contribution >= 0.6 is 15.9 Å². The van der Waals surface area contributed by atoms with Crippen LogP contribution in [0.5, 0.6) is 0 Å². The molecule has 1 N–H and O–H groups in total. The number of hydrogen-bond donors (Lipinski definition) is 1. The Hall–Kier alpha value is -3.17. The van der Waals surface area contributed by atoms with E-state index in [1.165, 1.54) is 4.90 Å². The molecule has 3 aromatic carbocycles. The molecule has 0 bridgehead atoms. The van der Waals surface area contributed by atoms with Gasteiger partial charge in [0, 0.05) is 24.0 Å². The van der Waals surface area contributed by atoms with Crippen molar-refractivity contribution in [3.63, 3.8) is 0 Å². The van der Waals surface area contributed by atoms with Crippen LogP contribution in [0.1, 0.15) is 50.8 Å².